The molecular formula is C24H32ClN3O2. The highest BCUT2D eigenvalue weighted by Gasteiger charge is 2.27. The van der Waals surface area contributed by atoms with Crippen molar-refractivity contribution in [2.24, 2.45) is 0 Å². The number of aromatic nitrogens is 1. The van der Waals surface area contributed by atoms with E-state index in [2.05, 4.69) is 29.6 Å². The van der Waals surface area contributed by atoms with Crippen LogP contribution in [0.2, 0.25) is 0 Å². The first-order chi connectivity index (χ1) is 14.1. The number of hydrogen-bond acceptors (Lipinski definition) is 3. The van der Waals surface area contributed by atoms with Gasteiger partial charge in [-0.25, -0.2) is 0 Å². The minimum absolute atomic E-state index is 0. The third-order valence-electron chi connectivity index (χ3n) is 6.53. The Hall–Kier alpha value is -2.11. The fourth-order valence-electron chi connectivity index (χ4n) is 4.79. The summed E-state index contributed by atoms with van der Waals surface area (Å²) < 4.78 is 1.80. The summed E-state index contributed by atoms with van der Waals surface area (Å²) in [6, 6.07) is 12.7. The van der Waals surface area contributed by atoms with Gasteiger partial charge in [-0.2, -0.15) is 0 Å². The Morgan fingerprint density at radius 2 is 1.73 bits per heavy atom. The lowest BCUT2D eigenvalue weighted by Gasteiger charge is -2.26. The number of carbonyl (C=O) groups is 1. The maximum atomic E-state index is 13.4. The number of nitrogens with one attached hydrogen (secondary N) is 1. The number of benzene rings is 1. The SMILES string of the molecule is Cc1ccn(C2CCNCC2)c(=O)c1C(=O)N1CCCC(c2ccccc2)CC1.Cl. The van der Waals surface area contributed by atoms with Crippen LogP contribution >= 0.6 is 12.4 Å². The van der Waals surface area contributed by atoms with E-state index < -0.39 is 0 Å². The van der Waals surface area contributed by atoms with Gasteiger partial charge in [0.15, 0.2) is 0 Å². The van der Waals surface area contributed by atoms with Gasteiger partial charge in [-0.1, -0.05) is 30.3 Å². The maximum Gasteiger partial charge on any atom is 0.263 e. The summed E-state index contributed by atoms with van der Waals surface area (Å²) in [5, 5.41) is 3.34. The van der Waals surface area contributed by atoms with Crippen molar-refractivity contribution in [1.29, 1.82) is 0 Å². The van der Waals surface area contributed by atoms with Gasteiger partial charge in [0.25, 0.3) is 11.5 Å². The Bertz CT molecular complexity index is 906. The Balaban J connectivity index is 0.00000256. The molecule has 2 aromatic rings. The van der Waals surface area contributed by atoms with Crippen LogP contribution < -0.4 is 10.9 Å². The maximum absolute atomic E-state index is 13.4. The molecule has 6 heteroatoms. The number of amides is 1. The van der Waals surface area contributed by atoms with Gasteiger partial charge >= 0.3 is 0 Å². The van der Waals surface area contributed by atoms with Crippen LogP contribution in [0.5, 0.6) is 0 Å². The molecule has 1 atom stereocenters. The molecule has 1 amide bonds. The van der Waals surface area contributed by atoms with E-state index in [1.54, 1.807) is 4.57 Å². The van der Waals surface area contributed by atoms with Gasteiger partial charge in [0.2, 0.25) is 0 Å². The molecule has 4 rings (SSSR count). The van der Waals surface area contributed by atoms with Crippen LogP contribution in [0.1, 0.15) is 65.5 Å². The zero-order valence-electron chi connectivity index (χ0n) is 17.7. The van der Waals surface area contributed by atoms with E-state index in [1.165, 1.54) is 5.56 Å². The van der Waals surface area contributed by atoms with E-state index in [0.29, 0.717) is 18.0 Å². The molecular weight excluding hydrogens is 398 g/mol. The van der Waals surface area contributed by atoms with Crippen LogP contribution in [0, 0.1) is 6.92 Å². The summed E-state index contributed by atoms with van der Waals surface area (Å²) in [6.07, 6.45) is 6.74. The van der Waals surface area contributed by atoms with Crippen molar-refractivity contribution in [3.63, 3.8) is 0 Å². The monoisotopic (exact) mass is 429 g/mol. The molecule has 2 saturated heterocycles. The van der Waals surface area contributed by atoms with E-state index in [1.807, 2.05) is 30.2 Å². The lowest BCUT2D eigenvalue weighted by atomic mass is 9.92. The summed E-state index contributed by atoms with van der Waals surface area (Å²) in [5.41, 5.74) is 2.38. The number of carbonyl (C=O) groups excluding carboxylic acids is 1. The molecule has 0 saturated carbocycles. The number of rotatable bonds is 3. The number of likely N-dealkylation sites (tertiary alicyclic amines) is 1. The zero-order valence-corrected chi connectivity index (χ0v) is 18.5. The molecule has 0 radical (unpaired) electrons. The molecule has 3 heterocycles. The average Bonchev–Trinajstić information content (AvgIpc) is 3.01. The van der Waals surface area contributed by atoms with Crippen molar-refractivity contribution in [2.75, 3.05) is 26.2 Å². The standard InChI is InChI=1S/C24H31N3O2.ClH/c1-18-11-17-27(21-9-13-25-14-10-21)24(29)22(18)23(28)26-15-5-8-20(12-16-26)19-6-3-2-4-7-19;/h2-4,6-7,11,17,20-21,25H,5,8-10,12-16H2,1H3;1H. The van der Waals surface area contributed by atoms with Crippen LogP contribution in [-0.4, -0.2) is 41.6 Å². The van der Waals surface area contributed by atoms with Crippen molar-refractivity contribution >= 4 is 18.3 Å². The Kier molecular flexibility index (Phi) is 7.73. The predicted octanol–water partition coefficient (Wildman–Crippen LogP) is 3.91. The predicted molar refractivity (Wildman–Crippen MR) is 123 cm³/mol. The van der Waals surface area contributed by atoms with Crippen molar-refractivity contribution in [3.8, 4) is 0 Å². The number of pyridine rings is 1. The van der Waals surface area contributed by atoms with Gasteiger partial charge in [-0.15, -0.1) is 12.4 Å². The van der Waals surface area contributed by atoms with E-state index in [9.17, 15) is 9.59 Å². The van der Waals surface area contributed by atoms with Crippen molar-refractivity contribution < 1.29 is 4.79 Å². The Morgan fingerprint density at radius 3 is 2.47 bits per heavy atom. The second-order valence-electron chi connectivity index (χ2n) is 8.40. The fraction of sp³-hybridized carbons (Fsp3) is 0.500. The normalized spacial score (nSPS) is 20.3. The third-order valence-corrected chi connectivity index (χ3v) is 6.53. The minimum Gasteiger partial charge on any atom is -0.338 e. The fourth-order valence-corrected chi connectivity index (χ4v) is 4.79. The van der Waals surface area contributed by atoms with Gasteiger partial charge < -0.3 is 14.8 Å². The molecule has 0 aliphatic carbocycles. The van der Waals surface area contributed by atoms with Crippen LogP contribution in [0.15, 0.2) is 47.4 Å². The molecule has 0 spiro atoms. The smallest absolute Gasteiger partial charge is 0.263 e. The second-order valence-corrected chi connectivity index (χ2v) is 8.40. The van der Waals surface area contributed by atoms with E-state index in [4.69, 9.17) is 0 Å². The molecule has 162 valence electrons. The molecule has 5 nitrogen and oxygen atoms in total. The highest BCUT2D eigenvalue weighted by Crippen LogP contribution is 2.28. The number of hydrogen-bond donors (Lipinski definition) is 1. The summed E-state index contributed by atoms with van der Waals surface area (Å²) in [6.45, 7) is 5.15. The van der Waals surface area contributed by atoms with E-state index in [-0.39, 0.29) is 29.9 Å². The number of halogens is 1. The van der Waals surface area contributed by atoms with Crippen molar-refractivity contribution in [2.45, 2.75) is 51.0 Å². The van der Waals surface area contributed by atoms with Crippen LogP contribution in [-0.2, 0) is 0 Å². The average molecular weight is 430 g/mol. The molecule has 1 aromatic carbocycles. The molecule has 1 unspecified atom stereocenters. The van der Waals surface area contributed by atoms with Gasteiger partial charge in [-0.05, 0) is 75.2 Å². The summed E-state index contributed by atoms with van der Waals surface area (Å²) >= 11 is 0. The van der Waals surface area contributed by atoms with Gasteiger partial charge in [-0.3, -0.25) is 9.59 Å². The molecule has 2 aliphatic heterocycles. The number of aryl methyl sites for hydroxylation is 1. The highest BCUT2D eigenvalue weighted by atomic mass is 35.5. The number of nitrogens with zero attached hydrogens (tertiary/aromatic N) is 2. The molecule has 1 aromatic heterocycles. The molecule has 2 aliphatic rings. The molecule has 1 N–H and O–H groups in total. The van der Waals surface area contributed by atoms with E-state index in [0.717, 1.165) is 57.3 Å². The summed E-state index contributed by atoms with van der Waals surface area (Å²) in [4.78, 5) is 28.5. The minimum atomic E-state index is -0.120. The van der Waals surface area contributed by atoms with Crippen LogP contribution in [0.3, 0.4) is 0 Å². The molecule has 30 heavy (non-hydrogen) atoms. The van der Waals surface area contributed by atoms with Gasteiger partial charge in [0, 0.05) is 25.3 Å². The van der Waals surface area contributed by atoms with Crippen LogP contribution in [0.4, 0.5) is 0 Å². The van der Waals surface area contributed by atoms with Gasteiger partial charge in [0.1, 0.15) is 5.56 Å². The summed E-state index contributed by atoms with van der Waals surface area (Å²) in [7, 11) is 0. The van der Waals surface area contributed by atoms with Gasteiger partial charge in [0.05, 0.1) is 0 Å². The molecule has 2 fully saturated rings. The lowest BCUT2D eigenvalue weighted by molar-refractivity contribution is 0.0757. The van der Waals surface area contributed by atoms with Crippen molar-refractivity contribution in [3.05, 3.63) is 69.6 Å². The lowest BCUT2D eigenvalue weighted by Crippen LogP contribution is -2.40. The first-order valence-electron chi connectivity index (χ1n) is 10.9. The van der Waals surface area contributed by atoms with E-state index >= 15 is 0 Å². The zero-order chi connectivity index (χ0) is 20.2. The first-order valence-corrected chi connectivity index (χ1v) is 10.9. The second kappa shape index (κ2) is 10.3. The molecule has 0 bridgehead atoms. The highest BCUT2D eigenvalue weighted by molar-refractivity contribution is 5.95. The van der Waals surface area contributed by atoms with Crippen LogP contribution in [0.25, 0.3) is 0 Å². The van der Waals surface area contributed by atoms with Crippen molar-refractivity contribution in [1.82, 2.24) is 14.8 Å². The number of piperidine rings is 1. The summed E-state index contributed by atoms with van der Waals surface area (Å²) in [5.74, 6) is 0.391. The largest absolute Gasteiger partial charge is 0.338 e. The Labute approximate surface area is 184 Å². The first kappa shape index (κ1) is 22.6. The quantitative estimate of drug-likeness (QED) is 0.804. The Morgan fingerprint density at radius 1 is 1.00 bits per heavy atom. The topological polar surface area (TPSA) is 54.3 Å². The third kappa shape index (κ3) is 4.79.